The summed E-state index contributed by atoms with van der Waals surface area (Å²) in [5, 5.41) is 3.19. The summed E-state index contributed by atoms with van der Waals surface area (Å²) in [4.78, 5) is 15.3. The highest BCUT2D eigenvalue weighted by Gasteiger charge is 2.26. The van der Waals surface area contributed by atoms with Gasteiger partial charge in [0.05, 0.1) is 6.04 Å². The molecule has 4 rings (SSSR count). The Labute approximate surface area is 173 Å². The number of carbonyl (C=O) groups excluding carboxylic acids is 1. The molecule has 1 aliphatic rings. The van der Waals surface area contributed by atoms with Crippen LogP contribution in [0, 0.1) is 13.8 Å². The van der Waals surface area contributed by atoms with Crippen molar-refractivity contribution in [1.29, 1.82) is 0 Å². The van der Waals surface area contributed by atoms with Crippen LogP contribution in [0.15, 0.2) is 60.8 Å². The van der Waals surface area contributed by atoms with E-state index in [1.165, 1.54) is 22.4 Å². The van der Waals surface area contributed by atoms with Crippen LogP contribution in [0.5, 0.6) is 0 Å². The molecule has 2 aromatic carbocycles. The number of hydrogen-bond acceptors (Lipinski definition) is 2. The number of amides is 1. The van der Waals surface area contributed by atoms with Crippen molar-refractivity contribution in [2.75, 3.05) is 13.1 Å². The van der Waals surface area contributed by atoms with Crippen LogP contribution in [0.25, 0.3) is 0 Å². The summed E-state index contributed by atoms with van der Waals surface area (Å²) in [7, 11) is 2.07. The molecule has 0 aliphatic carbocycles. The third-order valence-corrected chi connectivity index (χ3v) is 6.15. The van der Waals surface area contributed by atoms with Crippen molar-refractivity contribution < 1.29 is 4.79 Å². The Hall–Kier alpha value is -2.85. The lowest BCUT2D eigenvalue weighted by Gasteiger charge is -2.36. The lowest BCUT2D eigenvalue weighted by atomic mass is 9.97. The van der Waals surface area contributed by atoms with Gasteiger partial charge in [-0.1, -0.05) is 30.3 Å². The van der Waals surface area contributed by atoms with Crippen molar-refractivity contribution in [3.8, 4) is 0 Å². The average Bonchev–Trinajstić information content (AvgIpc) is 3.15. The van der Waals surface area contributed by atoms with E-state index < -0.39 is 0 Å². The molecule has 1 aromatic heterocycles. The quantitative estimate of drug-likeness (QED) is 0.713. The first-order valence-electron chi connectivity index (χ1n) is 10.3. The van der Waals surface area contributed by atoms with Crippen LogP contribution in [-0.2, 0) is 20.0 Å². The predicted octanol–water partition coefficient (Wildman–Crippen LogP) is 4.17. The van der Waals surface area contributed by atoms with Gasteiger partial charge in [-0.25, -0.2) is 0 Å². The van der Waals surface area contributed by atoms with Gasteiger partial charge in [0, 0.05) is 44.1 Å². The molecule has 2 heterocycles. The number of nitrogens with zero attached hydrogens (tertiary/aromatic N) is 2. The van der Waals surface area contributed by atoms with Crippen LogP contribution < -0.4 is 5.32 Å². The lowest BCUT2D eigenvalue weighted by molar-refractivity contribution is 0.0925. The maximum atomic E-state index is 12.8. The first-order valence-corrected chi connectivity index (χ1v) is 10.3. The molecule has 1 amide bonds. The first kappa shape index (κ1) is 19.5. The second-order valence-electron chi connectivity index (χ2n) is 8.06. The molecule has 4 heteroatoms. The molecule has 0 spiro atoms. The van der Waals surface area contributed by atoms with Crippen molar-refractivity contribution in [3.05, 3.63) is 94.3 Å². The molecule has 4 nitrogen and oxygen atoms in total. The molecule has 1 N–H and O–H groups in total. The van der Waals surface area contributed by atoms with Crippen molar-refractivity contribution in [2.24, 2.45) is 7.05 Å². The highest BCUT2D eigenvalue weighted by molar-refractivity contribution is 5.94. The van der Waals surface area contributed by atoms with Gasteiger partial charge in [-0.05, 0) is 66.8 Å². The van der Waals surface area contributed by atoms with Gasteiger partial charge in [0.25, 0.3) is 5.91 Å². The minimum absolute atomic E-state index is 0.00952. The predicted molar refractivity (Wildman–Crippen MR) is 117 cm³/mol. The summed E-state index contributed by atoms with van der Waals surface area (Å²) in [6.45, 7) is 6.60. The van der Waals surface area contributed by atoms with Gasteiger partial charge in [-0.2, -0.15) is 0 Å². The van der Waals surface area contributed by atoms with E-state index in [4.69, 9.17) is 0 Å². The summed E-state index contributed by atoms with van der Waals surface area (Å²) < 4.78 is 2.16. The zero-order chi connectivity index (χ0) is 20.4. The second-order valence-corrected chi connectivity index (χ2v) is 8.06. The Morgan fingerprint density at radius 1 is 1.03 bits per heavy atom. The van der Waals surface area contributed by atoms with Gasteiger partial charge >= 0.3 is 0 Å². The molecule has 1 aliphatic heterocycles. The minimum atomic E-state index is -0.00952. The lowest BCUT2D eigenvalue weighted by Crippen LogP contribution is -2.41. The zero-order valence-electron chi connectivity index (χ0n) is 17.5. The number of fused-ring (bicyclic) bond motifs is 1. The van der Waals surface area contributed by atoms with Crippen molar-refractivity contribution in [2.45, 2.75) is 32.9 Å². The summed E-state index contributed by atoms with van der Waals surface area (Å²) in [6, 6.07) is 18.9. The van der Waals surface area contributed by atoms with Gasteiger partial charge in [-0.3, -0.25) is 9.69 Å². The fraction of sp³-hybridized carbons (Fsp3) is 0.320. The maximum Gasteiger partial charge on any atom is 0.251 e. The fourth-order valence-electron chi connectivity index (χ4n) is 4.20. The number of aryl methyl sites for hydroxylation is 3. The molecule has 1 atom stereocenters. The smallest absolute Gasteiger partial charge is 0.251 e. The molecular formula is C25H29N3O. The monoisotopic (exact) mass is 387 g/mol. The molecule has 3 aromatic rings. The van der Waals surface area contributed by atoms with Gasteiger partial charge in [0.15, 0.2) is 0 Å². The summed E-state index contributed by atoms with van der Waals surface area (Å²) in [5.74, 6) is -0.00952. The Morgan fingerprint density at radius 3 is 2.55 bits per heavy atom. The van der Waals surface area contributed by atoms with Crippen molar-refractivity contribution in [3.63, 3.8) is 0 Å². The van der Waals surface area contributed by atoms with E-state index in [0.717, 1.165) is 30.6 Å². The molecule has 150 valence electrons. The highest BCUT2D eigenvalue weighted by atomic mass is 16.1. The normalized spacial score (nSPS) is 15.0. The number of hydrogen-bond donors (Lipinski definition) is 1. The molecule has 0 fully saturated rings. The zero-order valence-corrected chi connectivity index (χ0v) is 17.5. The van der Waals surface area contributed by atoms with E-state index in [-0.39, 0.29) is 11.9 Å². The molecule has 0 saturated carbocycles. The summed E-state index contributed by atoms with van der Waals surface area (Å²) >= 11 is 0. The Bertz CT molecular complexity index is 1020. The van der Waals surface area contributed by atoms with E-state index in [1.807, 2.05) is 25.1 Å². The third-order valence-electron chi connectivity index (χ3n) is 6.15. The van der Waals surface area contributed by atoms with E-state index in [9.17, 15) is 4.79 Å². The number of benzene rings is 2. The second kappa shape index (κ2) is 8.26. The Balaban J connectivity index is 1.53. The molecular weight excluding hydrogens is 358 g/mol. The molecule has 1 unspecified atom stereocenters. The van der Waals surface area contributed by atoms with Crippen molar-refractivity contribution in [1.82, 2.24) is 14.8 Å². The minimum Gasteiger partial charge on any atom is -0.353 e. The van der Waals surface area contributed by atoms with E-state index in [2.05, 4.69) is 71.4 Å². The van der Waals surface area contributed by atoms with Crippen molar-refractivity contribution >= 4 is 5.91 Å². The third kappa shape index (κ3) is 4.13. The van der Waals surface area contributed by atoms with Crippen LogP contribution in [0.1, 0.15) is 44.3 Å². The molecule has 0 bridgehead atoms. The summed E-state index contributed by atoms with van der Waals surface area (Å²) in [6.07, 6.45) is 3.12. The van der Waals surface area contributed by atoms with E-state index >= 15 is 0 Å². The van der Waals surface area contributed by atoms with Gasteiger partial charge in [0.1, 0.15) is 0 Å². The summed E-state index contributed by atoms with van der Waals surface area (Å²) in [5.41, 5.74) is 7.12. The standard InChI is InChI=1S/C25H29N3O/c1-18-10-11-21(15-19(18)2)25(29)26-16-24(23-9-6-13-27(23)3)28-14-12-20-7-4-5-8-22(20)17-28/h4-11,13,15,24H,12,14,16-17H2,1-3H3,(H,26,29). The van der Waals surface area contributed by atoms with E-state index in [0.29, 0.717) is 6.54 Å². The van der Waals surface area contributed by atoms with Gasteiger partial charge in [0.2, 0.25) is 0 Å². The number of aromatic nitrogens is 1. The number of rotatable bonds is 5. The molecule has 29 heavy (non-hydrogen) atoms. The number of nitrogens with one attached hydrogen (secondary N) is 1. The fourth-order valence-corrected chi connectivity index (χ4v) is 4.20. The topological polar surface area (TPSA) is 37.3 Å². The highest BCUT2D eigenvalue weighted by Crippen LogP contribution is 2.27. The first-order chi connectivity index (χ1) is 14.0. The van der Waals surface area contributed by atoms with Crippen LogP contribution >= 0.6 is 0 Å². The largest absolute Gasteiger partial charge is 0.353 e. The Morgan fingerprint density at radius 2 is 1.83 bits per heavy atom. The SMILES string of the molecule is Cc1ccc(C(=O)NCC(c2cccn2C)N2CCc3ccccc3C2)cc1C. The maximum absolute atomic E-state index is 12.8. The Kier molecular flexibility index (Phi) is 5.54. The van der Waals surface area contributed by atoms with Crippen LogP contribution in [0.3, 0.4) is 0 Å². The molecule has 0 saturated heterocycles. The molecule has 0 radical (unpaired) electrons. The van der Waals surface area contributed by atoms with Crippen LogP contribution in [0.4, 0.5) is 0 Å². The van der Waals surface area contributed by atoms with Crippen LogP contribution in [-0.4, -0.2) is 28.5 Å². The van der Waals surface area contributed by atoms with Gasteiger partial charge < -0.3 is 9.88 Å². The average molecular weight is 388 g/mol. The van der Waals surface area contributed by atoms with Gasteiger partial charge in [-0.15, -0.1) is 0 Å². The number of carbonyl (C=O) groups is 1. The van der Waals surface area contributed by atoms with Crippen LogP contribution in [0.2, 0.25) is 0 Å². The van der Waals surface area contributed by atoms with E-state index in [1.54, 1.807) is 0 Å².